The summed E-state index contributed by atoms with van der Waals surface area (Å²) in [4.78, 5) is 13.3. The van der Waals surface area contributed by atoms with Crippen LogP contribution in [0.25, 0.3) is 0 Å². The maximum Gasteiger partial charge on any atom is 0.435 e. The summed E-state index contributed by atoms with van der Waals surface area (Å²) in [6.45, 7) is 3.14. The van der Waals surface area contributed by atoms with E-state index in [0.29, 0.717) is 12.4 Å². The number of alkyl halides is 3. The summed E-state index contributed by atoms with van der Waals surface area (Å²) in [5.74, 6) is -0.969. The van der Waals surface area contributed by atoms with Gasteiger partial charge in [-0.15, -0.1) is 10.2 Å². The number of benzene rings is 2. The molecule has 8 nitrogen and oxygen atoms in total. The minimum Gasteiger partial charge on any atom is -0.490 e. The van der Waals surface area contributed by atoms with E-state index in [1.807, 2.05) is 0 Å². The number of rotatable bonds is 7. The first-order valence-corrected chi connectivity index (χ1v) is 11.9. The van der Waals surface area contributed by atoms with E-state index in [-0.39, 0.29) is 16.3 Å². The summed E-state index contributed by atoms with van der Waals surface area (Å²) < 4.78 is 71.3. The van der Waals surface area contributed by atoms with Gasteiger partial charge in [0.2, 0.25) is 0 Å². The second-order valence-electron chi connectivity index (χ2n) is 7.16. The van der Waals surface area contributed by atoms with Gasteiger partial charge >= 0.3 is 6.18 Å². The molecule has 0 aliphatic carbocycles. The third-order valence-corrected chi connectivity index (χ3v) is 5.73. The van der Waals surface area contributed by atoms with Gasteiger partial charge in [-0.05, 0) is 49.7 Å². The van der Waals surface area contributed by atoms with E-state index in [2.05, 4.69) is 15.5 Å². The summed E-state index contributed by atoms with van der Waals surface area (Å²) in [6, 6.07) is 12.1. The molecule has 3 rings (SSSR count). The quantitative estimate of drug-likeness (QED) is 0.462. The molecule has 0 radical (unpaired) electrons. The highest BCUT2D eigenvalue weighted by molar-refractivity contribution is 7.91. The zero-order valence-corrected chi connectivity index (χ0v) is 19.2. The number of ether oxygens (including phenoxy) is 2. The number of anilines is 1. The molecule has 0 bridgehead atoms. The molecule has 0 saturated heterocycles. The molecule has 0 aliphatic rings. The predicted molar refractivity (Wildman–Crippen MR) is 119 cm³/mol. The summed E-state index contributed by atoms with van der Waals surface area (Å²) in [5.41, 5.74) is -2.17. The number of amides is 1. The van der Waals surface area contributed by atoms with E-state index >= 15 is 0 Å². The van der Waals surface area contributed by atoms with Crippen LogP contribution in [0.5, 0.6) is 17.4 Å². The van der Waals surface area contributed by atoms with Crippen LogP contribution >= 0.6 is 0 Å². The summed E-state index contributed by atoms with van der Waals surface area (Å²) >= 11 is 0. The lowest BCUT2D eigenvalue weighted by Gasteiger charge is -2.17. The van der Waals surface area contributed by atoms with Crippen molar-refractivity contribution in [2.24, 2.45) is 0 Å². The van der Waals surface area contributed by atoms with Gasteiger partial charge in [0.1, 0.15) is 5.56 Å². The average Bonchev–Trinajstić information content (AvgIpc) is 2.74. The molecule has 1 heterocycles. The molecule has 12 heteroatoms. The maximum absolute atomic E-state index is 13.5. The molecule has 3 aromatic rings. The Bertz CT molecular complexity index is 1330. The Kier molecular flexibility index (Phi) is 7.10. The van der Waals surface area contributed by atoms with Gasteiger partial charge in [0.25, 0.3) is 11.8 Å². The molecule has 180 valence electrons. The maximum atomic E-state index is 13.5. The number of hydrogen-bond acceptors (Lipinski definition) is 7. The molecule has 0 spiro atoms. The second-order valence-corrected chi connectivity index (χ2v) is 9.32. The van der Waals surface area contributed by atoms with Gasteiger partial charge in [0.05, 0.1) is 16.3 Å². The predicted octanol–water partition coefficient (Wildman–Crippen LogP) is 5.28. The Balaban J connectivity index is 2.08. The molecular formula is C22H21F3N4O4S. The van der Waals surface area contributed by atoms with E-state index in [0.717, 1.165) is 6.92 Å². The van der Waals surface area contributed by atoms with Gasteiger partial charge in [-0.25, -0.2) is 8.99 Å². The number of halogens is 3. The Morgan fingerprint density at radius 2 is 1.79 bits per heavy atom. The van der Waals surface area contributed by atoms with E-state index in [1.165, 1.54) is 36.6 Å². The number of carbonyl (C=O) groups is 1. The highest BCUT2D eigenvalue weighted by atomic mass is 32.2. The van der Waals surface area contributed by atoms with Crippen molar-refractivity contribution in [1.82, 2.24) is 10.2 Å². The van der Waals surface area contributed by atoms with Crippen LogP contribution in [0.3, 0.4) is 0 Å². The molecule has 0 aliphatic heterocycles. The van der Waals surface area contributed by atoms with Gasteiger partial charge in [0.15, 0.2) is 17.2 Å². The van der Waals surface area contributed by atoms with Gasteiger partial charge in [0, 0.05) is 16.8 Å². The lowest BCUT2D eigenvalue weighted by molar-refractivity contribution is -0.142. The summed E-state index contributed by atoms with van der Waals surface area (Å²) in [5, 5.41) is 9.23. The van der Waals surface area contributed by atoms with E-state index < -0.39 is 44.5 Å². The first-order valence-electron chi connectivity index (χ1n) is 9.91. The third kappa shape index (κ3) is 5.63. The molecule has 0 saturated carbocycles. The van der Waals surface area contributed by atoms with E-state index in [1.54, 1.807) is 25.1 Å². The SMILES string of the molecule is CCOc1ccccc1Oc1nnc(C(F)(F)F)c(C)c1C(=O)Nc1cccc(S(C)(=N)=O)c1. The molecule has 1 amide bonds. The Morgan fingerprint density at radius 3 is 2.41 bits per heavy atom. The van der Waals surface area contributed by atoms with Crippen LogP contribution in [0, 0.1) is 11.7 Å². The van der Waals surface area contributed by atoms with Gasteiger partial charge < -0.3 is 14.8 Å². The van der Waals surface area contributed by atoms with E-state index in [9.17, 15) is 22.2 Å². The Labute approximate surface area is 194 Å². The first-order chi connectivity index (χ1) is 15.9. The minimum absolute atomic E-state index is 0.133. The van der Waals surface area contributed by atoms with Crippen LogP contribution in [0.4, 0.5) is 18.9 Å². The van der Waals surface area contributed by atoms with Gasteiger partial charge in [-0.1, -0.05) is 18.2 Å². The van der Waals surface area contributed by atoms with Crippen molar-refractivity contribution >= 4 is 21.3 Å². The van der Waals surface area contributed by atoms with Crippen LogP contribution in [0.15, 0.2) is 53.4 Å². The normalized spacial score (nSPS) is 13.1. The zero-order valence-electron chi connectivity index (χ0n) is 18.4. The number of para-hydroxylation sites is 2. The zero-order chi connectivity index (χ0) is 25.1. The number of carbonyl (C=O) groups excluding carboxylic acids is 1. The molecule has 34 heavy (non-hydrogen) atoms. The Morgan fingerprint density at radius 1 is 1.12 bits per heavy atom. The minimum atomic E-state index is -4.85. The molecule has 1 aromatic heterocycles. The number of hydrogen-bond donors (Lipinski definition) is 2. The molecule has 2 aromatic carbocycles. The average molecular weight is 494 g/mol. The lowest BCUT2D eigenvalue weighted by atomic mass is 10.1. The van der Waals surface area contributed by atoms with Crippen LogP contribution < -0.4 is 14.8 Å². The summed E-state index contributed by atoms with van der Waals surface area (Å²) in [7, 11) is -3.08. The third-order valence-electron chi connectivity index (χ3n) is 4.58. The first kappa shape index (κ1) is 25.0. The fourth-order valence-corrected chi connectivity index (χ4v) is 3.72. The van der Waals surface area contributed by atoms with Gasteiger partial charge in [-0.2, -0.15) is 13.2 Å². The van der Waals surface area contributed by atoms with Crippen molar-refractivity contribution in [2.75, 3.05) is 18.2 Å². The monoisotopic (exact) mass is 494 g/mol. The smallest absolute Gasteiger partial charge is 0.435 e. The Hall–Kier alpha value is -3.67. The van der Waals surface area contributed by atoms with Crippen molar-refractivity contribution in [1.29, 1.82) is 4.78 Å². The standard InChI is InChI=1S/C22H21F3N4O4S/c1-4-32-16-10-5-6-11-17(16)33-21-18(13(2)19(28-29-21)22(23,24)25)20(30)27-14-8-7-9-15(12-14)34(3,26)31/h5-12,26H,4H2,1-3H3,(H,27,30). The number of nitrogens with one attached hydrogen (secondary N) is 2. The van der Waals surface area contributed by atoms with Crippen molar-refractivity contribution in [3.63, 3.8) is 0 Å². The van der Waals surface area contributed by atoms with Crippen LogP contribution in [-0.2, 0) is 15.9 Å². The molecule has 1 atom stereocenters. The van der Waals surface area contributed by atoms with Crippen molar-refractivity contribution < 1.29 is 31.6 Å². The highest BCUT2D eigenvalue weighted by Crippen LogP contribution is 2.37. The van der Waals surface area contributed by atoms with Gasteiger partial charge in [-0.3, -0.25) is 4.79 Å². The van der Waals surface area contributed by atoms with Crippen LogP contribution in [0.2, 0.25) is 0 Å². The fourth-order valence-electron chi connectivity index (χ4n) is 3.03. The second kappa shape index (κ2) is 9.67. The molecule has 2 N–H and O–H groups in total. The summed E-state index contributed by atoms with van der Waals surface area (Å²) in [6.07, 6.45) is -3.64. The van der Waals surface area contributed by atoms with Crippen LogP contribution in [-0.4, -0.2) is 33.2 Å². The van der Waals surface area contributed by atoms with Crippen molar-refractivity contribution in [2.45, 2.75) is 24.9 Å². The highest BCUT2D eigenvalue weighted by Gasteiger charge is 2.38. The lowest BCUT2D eigenvalue weighted by Crippen LogP contribution is -2.21. The van der Waals surface area contributed by atoms with Crippen molar-refractivity contribution in [3.05, 3.63) is 65.4 Å². The van der Waals surface area contributed by atoms with Crippen LogP contribution in [0.1, 0.15) is 28.5 Å². The largest absolute Gasteiger partial charge is 0.490 e. The fraction of sp³-hybridized carbons (Fsp3) is 0.227. The molecule has 1 unspecified atom stereocenters. The van der Waals surface area contributed by atoms with E-state index in [4.69, 9.17) is 14.3 Å². The number of nitrogens with zero attached hydrogens (tertiary/aromatic N) is 2. The molecule has 0 fully saturated rings. The topological polar surface area (TPSA) is 114 Å². The van der Waals surface area contributed by atoms with Crippen molar-refractivity contribution in [3.8, 4) is 17.4 Å². The molecular weight excluding hydrogens is 473 g/mol. The number of aromatic nitrogens is 2.